The number of rotatable bonds is 20. The molecule has 0 saturated carbocycles. The molecule has 0 aliphatic rings. The van der Waals surface area contributed by atoms with E-state index in [0.29, 0.717) is 19.0 Å². The zero-order valence-electron chi connectivity index (χ0n) is 33.8. The Balaban J connectivity index is 1.64. The summed E-state index contributed by atoms with van der Waals surface area (Å²) >= 11 is 0. The van der Waals surface area contributed by atoms with Crippen molar-refractivity contribution in [1.29, 1.82) is 0 Å². The highest BCUT2D eigenvalue weighted by molar-refractivity contribution is 5.89. The number of benzene rings is 3. The van der Waals surface area contributed by atoms with Gasteiger partial charge in [0, 0.05) is 44.3 Å². The number of para-hydroxylation sites is 1. The third kappa shape index (κ3) is 13.2. The van der Waals surface area contributed by atoms with Crippen LogP contribution in [0.25, 0.3) is 10.9 Å². The van der Waals surface area contributed by atoms with Gasteiger partial charge in [0.2, 0.25) is 11.8 Å². The van der Waals surface area contributed by atoms with Crippen molar-refractivity contribution in [2.24, 2.45) is 0 Å². The van der Waals surface area contributed by atoms with Gasteiger partial charge in [0.1, 0.15) is 17.4 Å². The van der Waals surface area contributed by atoms with Gasteiger partial charge >= 0.3 is 6.03 Å². The molecular weight excluding hydrogens is 709 g/mol. The lowest BCUT2D eigenvalue weighted by Gasteiger charge is -2.37. The van der Waals surface area contributed by atoms with Crippen molar-refractivity contribution < 1.29 is 28.6 Å². The fourth-order valence-corrected chi connectivity index (χ4v) is 6.30. The molecule has 300 valence electrons. The zero-order valence-corrected chi connectivity index (χ0v) is 33.8. The van der Waals surface area contributed by atoms with Crippen LogP contribution in [-0.4, -0.2) is 83.0 Å². The van der Waals surface area contributed by atoms with Gasteiger partial charge in [-0.05, 0) is 83.4 Å². The third-order valence-electron chi connectivity index (χ3n) is 8.90. The van der Waals surface area contributed by atoms with Crippen LogP contribution < -0.4 is 20.8 Å². The Hall–Kier alpha value is -5.30. The number of hydrogen-bond donors (Lipinski definition) is 3. The molecule has 0 radical (unpaired) electrons. The Bertz CT molecular complexity index is 1850. The van der Waals surface area contributed by atoms with E-state index < -0.39 is 30.3 Å². The highest BCUT2D eigenvalue weighted by Gasteiger charge is 2.34. The number of ether oxygens (including phenoxy) is 3. The number of carbonyl (C=O) groups is 3. The van der Waals surface area contributed by atoms with E-state index in [-0.39, 0.29) is 43.6 Å². The van der Waals surface area contributed by atoms with Crippen molar-refractivity contribution in [3.05, 3.63) is 120 Å². The van der Waals surface area contributed by atoms with Gasteiger partial charge in [-0.15, -0.1) is 6.58 Å². The minimum atomic E-state index is -1.01. The fourth-order valence-electron chi connectivity index (χ4n) is 6.30. The van der Waals surface area contributed by atoms with E-state index in [0.717, 1.165) is 27.6 Å². The second-order valence-electron chi connectivity index (χ2n) is 14.5. The molecule has 56 heavy (non-hydrogen) atoms. The molecule has 12 nitrogen and oxygen atoms in total. The van der Waals surface area contributed by atoms with Crippen LogP contribution in [0.1, 0.15) is 71.2 Å². The van der Waals surface area contributed by atoms with E-state index in [9.17, 15) is 9.59 Å². The molecule has 4 amide bonds. The monoisotopic (exact) mass is 766 g/mol. The first kappa shape index (κ1) is 43.4. The van der Waals surface area contributed by atoms with E-state index >= 15 is 4.79 Å². The van der Waals surface area contributed by atoms with Gasteiger partial charge in [0.15, 0.2) is 6.29 Å². The number of nitrogens with one attached hydrogen (secondary N) is 3. The predicted octanol–water partition coefficient (Wildman–Crippen LogP) is 6.72. The van der Waals surface area contributed by atoms with Gasteiger partial charge in [-0.1, -0.05) is 72.8 Å². The van der Waals surface area contributed by atoms with Crippen molar-refractivity contribution >= 4 is 28.7 Å². The summed E-state index contributed by atoms with van der Waals surface area (Å²) in [6.07, 6.45) is 2.76. The largest absolute Gasteiger partial charge is 0.488 e. The normalized spacial score (nSPS) is 13.2. The zero-order chi connectivity index (χ0) is 40.7. The standard InChI is InChI=1S/C44H58N6O6/c1-9-27-49(48-43(53)46-31(4)34-17-13-12-14-18-34)30-39(51)47-38(28-33-22-24-37(25-23-33)56-44(6,7)8)41(52)50(32(5)42(54-10-2)55-11-3)29-36-20-15-19-35-21-16-26-45-40(35)36/h9,12-26,31-32,38,42H,1,10-11,27-30H2,2-8H3,(H,47,51)(H2,46,48,53). The van der Waals surface area contributed by atoms with Gasteiger partial charge in [0.05, 0.1) is 24.1 Å². The summed E-state index contributed by atoms with van der Waals surface area (Å²) < 4.78 is 18.1. The Kier molecular flexibility index (Phi) is 16.4. The van der Waals surface area contributed by atoms with Crippen molar-refractivity contribution in [2.45, 2.75) is 91.4 Å². The number of fused-ring (bicyclic) bond motifs is 1. The summed E-state index contributed by atoms with van der Waals surface area (Å²) in [6.45, 7) is 18.1. The van der Waals surface area contributed by atoms with Crippen LogP contribution >= 0.6 is 0 Å². The van der Waals surface area contributed by atoms with Gasteiger partial charge in [-0.3, -0.25) is 20.0 Å². The molecule has 0 spiro atoms. The molecule has 12 heteroatoms. The van der Waals surface area contributed by atoms with Gasteiger partial charge < -0.3 is 29.7 Å². The first-order chi connectivity index (χ1) is 26.8. The van der Waals surface area contributed by atoms with Gasteiger partial charge in [-0.2, -0.15) is 0 Å². The van der Waals surface area contributed by atoms with Gasteiger partial charge in [0.25, 0.3) is 0 Å². The lowest BCUT2D eigenvalue weighted by atomic mass is 10.0. The molecule has 3 unspecified atom stereocenters. The lowest BCUT2D eigenvalue weighted by molar-refractivity contribution is -0.179. The highest BCUT2D eigenvalue weighted by atomic mass is 16.7. The minimum absolute atomic E-state index is 0.176. The van der Waals surface area contributed by atoms with Crippen LogP contribution in [0.2, 0.25) is 0 Å². The van der Waals surface area contributed by atoms with Crippen LogP contribution in [-0.2, 0) is 32.0 Å². The van der Waals surface area contributed by atoms with Crippen LogP contribution in [0.5, 0.6) is 5.75 Å². The SMILES string of the molecule is C=CCN(CC(=O)NC(Cc1ccc(OC(C)(C)C)cc1)C(=O)N(Cc1cccc2cccnc12)C(C)C(OCC)OCC)NC(=O)NC(C)c1ccccc1. The number of carbonyl (C=O) groups excluding carboxylic acids is 3. The third-order valence-corrected chi connectivity index (χ3v) is 8.90. The van der Waals surface area contributed by atoms with Crippen molar-refractivity contribution in [3.8, 4) is 5.75 Å². The van der Waals surface area contributed by atoms with Crippen molar-refractivity contribution in [2.75, 3.05) is 26.3 Å². The second-order valence-corrected chi connectivity index (χ2v) is 14.5. The van der Waals surface area contributed by atoms with Gasteiger partial charge in [-0.25, -0.2) is 9.80 Å². The van der Waals surface area contributed by atoms with E-state index in [1.165, 1.54) is 5.01 Å². The van der Waals surface area contributed by atoms with Crippen LogP contribution in [0, 0.1) is 0 Å². The van der Waals surface area contributed by atoms with Crippen LogP contribution in [0.3, 0.4) is 0 Å². The first-order valence-corrected chi connectivity index (χ1v) is 19.2. The maximum absolute atomic E-state index is 15.0. The van der Waals surface area contributed by atoms with Crippen molar-refractivity contribution in [3.63, 3.8) is 0 Å². The molecule has 1 heterocycles. The smallest absolute Gasteiger partial charge is 0.329 e. The number of hydrazine groups is 1. The molecule has 1 aromatic heterocycles. The fraction of sp³-hybridized carbons (Fsp3) is 0.409. The molecule has 0 fully saturated rings. The first-order valence-electron chi connectivity index (χ1n) is 19.2. The summed E-state index contributed by atoms with van der Waals surface area (Å²) in [6, 6.07) is 24.5. The summed E-state index contributed by atoms with van der Waals surface area (Å²) in [5.41, 5.74) is 5.72. The average Bonchev–Trinajstić information content (AvgIpc) is 3.16. The van der Waals surface area contributed by atoms with E-state index in [4.69, 9.17) is 14.2 Å². The maximum Gasteiger partial charge on any atom is 0.329 e. The number of pyridine rings is 1. The predicted molar refractivity (Wildman–Crippen MR) is 220 cm³/mol. The lowest BCUT2D eigenvalue weighted by Crippen LogP contribution is -2.57. The number of hydrogen-bond acceptors (Lipinski definition) is 8. The molecular formula is C44H58N6O6. The summed E-state index contributed by atoms with van der Waals surface area (Å²) in [4.78, 5) is 48.3. The maximum atomic E-state index is 15.0. The number of urea groups is 1. The Labute approximate surface area is 331 Å². The summed E-state index contributed by atoms with van der Waals surface area (Å²) in [5, 5.41) is 8.29. The van der Waals surface area contributed by atoms with E-state index in [2.05, 4.69) is 27.6 Å². The average molecular weight is 767 g/mol. The molecule has 3 N–H and O–H groups in total. The topological polar surface area (TPSA) is 134 Å². The molecule has 3 aromatic carbocycles. The number of aromatic nitrogens is 1. The molecule has 4 aromatic rings. The second kappa shape index (κ2) is 21.1. The van der Waals surface area contributed by atoms with Crippen LogP contribution in [0.4, 0.5) is 4.79 Å². The Morgan fingerprint density at radius 2 is 1.55 bits per heavy atom. The molecule has 4 rings (SSSR count). The van der Waals surface area contributed by atoms with Crippen LogP contribution in [0.15, 0.2) is 104 Å². The molecule has 0 saturated heterocycles. The number of nitrogens with zero attached hydrogens (tertiary/aromatic N) is 3. The molecule has 3 atom stereocenters. The Morgan fingerprint density at radius 1 is 0.875 bits per heavy atom. The van der Waals surface area contributed by atoms with E-state index in [1.54, 1.807) is 17.2 Å². The number of amides is 4. The highest BCUT2D eigenvalue weighted by Crippen LogP contribution is 2.24. The summed E-state index contributed by atoms with van der Waals surface area (Å²) in [7, 11) is 0. The molecule has 0 aliphatic heterocycles. The molecule has 0 bridgehead atoms. The minimum Gasteiger partial charge on any atom is -0.488 e. The van der Waals surface area contributed by atoms with E-state index in [1.807, 2.05) is 133 Å². The molecule has 0 aliphatic carbocycles. The van der Waals surface area contributed by atoms with Crippen molar-refractivity contribution in [1.82, 2.24) is 31.0 Å². The summed E-state index contributed by atoms with van der Waals surface area (Å²) in [5.74, 6) is -0.120. The Morgan fingerprint density at radius 3 is 2.20 bits per heavy atom. The quantitative estimate of drug-likeness (QED) is 0.0513.